The molecular weight excluding hydrogens is 462 g/mol. The summed E-state index contributed by atoms with van der Waals surface area (Å²) >= 11 is 7.91. The Kier molecular flexibility index (Phi) is 5.58. The smallest absolute Gasteiger partial charge is 0.236 e. The summed E-state index contributed by atoms with van der Waals surface area (Å²) in [5, 5.41) is 5.52. The summed E-state index contributed by atoms with van der Waals surface area (Å²) in [6.45, 7) is 2.06. The van der Waals surface area contributed by atoms with Gasteiger partial charge in [0.25, 0.3) is 0 Å². The number of amides is 1. The predicted octanol–water partition coefficient (Wildman–Crippen LogP) is 6.22. The van der Waals surface area contributed by atoms with Gasteiger partial charge in [0.15, 0.2) is 9.47 Å². The molecule has 0 spiro atoms. The van der Waals surface area contributed by atoms with Crippen LogP contribution in [0.1, 0.15) is 5.56 Å². The lowest BCUT2D eigenvalue weighted by Crippen LogP contribution is -2.13. The van der Waals surface area contributed by atoms with Crippen LogP contribution in [0.5, 0.6) is 0 Å². The van der Waals surface area contributed by atoms with Gasteiger partial charge in [0.05, 0.1) is 21.7 Å². The lowest BCUT2D eigenvalue weighted by molar-refractivity contribution is -0.113. The molecule has 0 saturated carbocycles. The zero-order valence-corrected chi connectivity index (χ0v) is 18.3. The van der Waals surface area contributed by atoms with Gasteiger partial charge in [0.1, 0.15) is 0 Å². The molecule has 0 aliphatic carbocycles. The molecule has 0 atom stereocenters. The largest absolute Gasteiger partial charge is 0.301 e. The molecule has 136 valence electrons. The maximum atomic E-state index is 12.2. The van der Waals surface area contributed by atoms with Gasteiger partial charge in [0, 0.05) is 15.4 Å². The van der Waals surface area contributed by atoms with Crippen molar-refractivity contribution in [2.45, 2.75) is 11.3 Å². The Morgan fingerprint density at radius 2 is 2.00 bits per heavy atom. The summed E-state index contributed by atoms with van der Waals surface area (Å²) in [6, 6.07) is 14.2. The third kappa shape index (κ3) is 4.57. The number of aryl methyl sites for hydroxylation is 1. The number of carbonyl (C=O) groups excluding carboxylic acids is 1. The quantitative estimate of drug-likeness (QED) is 0.348. The minimum atomic E-state index is -0.0785. The summed E-state index contributed by atoms with van der Waals surface area (Å²) in [7, 11) is 0. The molecule has 0 aliphatic heterocycles. The number of hydrogen-bond acceptors (Lipinski definition) is 6. The third-order valence-electron chi connectivity index (χ3n) is 3.75. The molecule has 2 heterocycles. The molecule has 0 radical (unpaired) electrons. The maximum Gasteiger partial charge on any atom is 0.236 e. The average molecular weight is 476 g/mol. The van der Waals surface area contributed by atoms with E-state index in [9.17, 15) is 4.79 Å². The van der Waals surface area contributed by atoms with Crippen molar-refractivity contribution < 1.29 is 4.79 Å². The van der Waals surface area contributed by atoms with E-state index in [1.807, 2.05) is 23.6 Å². The Labute approximate surface area is 177 Å². The van der Waals surface area contributed by atoms with E-state index in [2.05, 4.69) is 62.4 Å². The summed E-state index contributed by atoms with van der Waals surface area (Å²) in [5.41, 5.74) is 4.14. The van der Waals surface area contributed by atoms with Crippen LogP contribution in [0.3, 0.4) is 0 Å². The Bertz CT molecular complexity index is 1110. The van der Waals surface area contributed by atoms with Gasteiger partial charge in [-0.2, -0.15) is 0 Å². The molecule has 4 rings (SSSR count). The summed E-state index contributed by atoms with van der Waals surface area (Å²) in [5.74, 6) is 0.228. The van der Waals surface area contributed by atoms with Gasteiger partial charge in [-0.3, -0.25) is 4.79 Å². The van der Waals surface area contributed by atoms with Crippen LogP contribution in [-0.4, -0.2) is 21.6 Å². The number of benzene rings is 2. The minimum Gasteiger partial charge on any atom is -0.301 e. The molecule has 27 heavy (non-hydrogen) atoms. The number of thiazole rings is 2. The summed E-state index contributed by atoms with van der Waals surface area (Å²) in [6.07, 6.45) is 0. The number of nitrogens with zero attached hydrogens (tertiary/aromatic N) is 2. The number of rotatable bonds is 5. The molecular formula is C19H14BrN3OS3. The van der Waals surface area contributed by atoms with Crippen LogP contribution < -0.4 is 5.32 Å². The fourth-order valence-corrected chi connectivity index (χ4v) is 5.48. The first-order valence-corrected chi connectivity index (χ1v) is 11.6. The van der Waals surface area contributed by atoms with Crippen LogP contribution in [0, 0.1) is 6.92 Å². The van der Waals surface area contributed by atoms with Crippen LogP contribution in [0.2, 0.25) is 0 Å². The summed E-state index contributed by atoms with van der Waals surface area (Å²) in [4.78, 5) is 21.3. The monoisotopic (exact) mass is 475 g/mol. The van der Waals surface area contributed by atoms with Crippen LogP contribution in [-0.2, 0) is 4.79 Å². The number of carbonyl (C=O) groups is 1. The standard InChI is InChI=1S/C19H14BrN3OS3/c1-11-2-4-12(5-3-11)15-9-25-19(22-15)26-10-17(24)23-18-21-14-7-6-13(20)8-16(14)27-18/h2-9H,10H2,1H3,(H,21,23,24). The number of hydrogen-bond donors (Lipinski definition) is 1. The lowest BCUT2D eigenvalue weighted by Gasteiger charge is -1.99. The molecule has 0 saturated heterocycles. The highest BCUT2D eigenvalue weighted by Gasteiger charge is 2.11. The number of anilines is 1. The van der Waals surface area contributed by atoms with Crippen LogP contribution >= 0.6 is 50.4 Å². The fourth-order valence-electron chi connectivity index (χ4n) is 2.42. The SMILES string of the molecule is Cc1ccc(-c2csc(SCC(=O)Nc3nc4ccc(Br)cc4s3)n2)cc1. The molecule has 0 unspecified atom stereocenters. The van der Waals surface area contributed by atoms with Gasteiger partial charge in [-0.25, -0.2) is 9.97 Å². The zero-order chi connectivity index (χ0) is 18.8. The van der Waals surface area contributed by atoms with Gasteiger partial charge in [0.2, 0.25) is 5.91 Å². The second kappa shape index (κ2) is 8.10. The molecule has 2 aromatic carbocycles. The first-order chi connectivity index (χ1) is 13.1. The summed E-state index contributed by atoms with van der Waals surface area (Å²) < 4.78 is 2.92. The van der Waals surface area contributed by atoms with Gasteiger partial charge >= 0.3 is 0 Å². The molecule has 2 aromatic heterocycles. The van der Waals surface area contributed by atoms with E-state index >= 15 is 0 Å². The maximum absolute atomic E-state index is 12.2. The van der Waals surface area contributed by atoms with Crippen LogP contribution in [0.15, 0.2) is 56.7 Å². The number of fused-ring (bicyclic) bond motifs is 1. The van der Waals surface area contributed by atoms with E-state index in [4.69, 9.17) is 0 Å². The molecule has 4 nitrogen and oxygen atoms in total. The van der Waals surface area contributed by atoms with E-state index < -0.39 is 0 Å². The minimum absolute atomic E-state index is 0.0785. The number of halogens is 1. The highest BCUT2D eigenvalue weighted by atomic mass is 79.9. The van der Waals surface area contributed by atoms with Crippen molar-refractivity contribution in [1.29, 1.82) is 0 Å². The second-order valence-corrected chi connectivity index (χ2v) is 9.86. The first-order valence-electron chi connectivity index (χ1n) is 8.08. The normalized spacial score (nSPS) is 11.0. The van der Waals surface area contributed by atoms with Crippen molar-refractivity contribution in [3.63, 3.8) is 0 Å². The molecule has 1 amide bonds. The van der Waals surface area contributed by atoms with E-state index in [0.29, 0.717) is 10.9 Å². The number of thioether (sulfide) groups is 1. The third-order valence-corrected chi connectivity index (χ3v) is 7.20. The van der Waals surface area contributed by atoms with Crippen LogP contribution in [0.4, 0.5) is 5.13 Å². The van der Waals surface area contributed by atoms with Crippen molar-refractivity contribution in [3.05, 3.63) is 57.9 Å². The predicted molar refractivity (Wildman–Crippen MR) is 119 cm³/mol. The lowest BCUT2D eigenvalue weighted by atomic mass is 10.1. The first kappa shape index (κ1) is 18.6. The number of aromatic nitrogens is 2. The Balaban J connectivity index is 1.36. The van der Waals surface area contributed by atoms with E-state index in [1.165, 1.54) is 28.7 Å². The van der Waals surface area contributed by atoms with Gasteiger partial charge in [-0.15, -0.1) is 11.3 Å². The Morgan fingerprint density at radius 1 is 1.19 bits per heavy atom. The molecule has 0 bridgehead atoms. The van der Waals surface area contributed by atoms with E-state index in [1.54, 1.807) is 11.3 Å². The topological polar surface area (TPSA) is 54.9 Å². The van der Waals surface area contributed by atoms with Crippen LogP contribution in [0.25, 0.3) is 21.5 Å². The second-order valence-electron chi connectivity index (χ2n) is 5.83. The Morgan fingerprint density at radius 3 is 2.81 bits per heavy atom. The van der Waals surface area contributed by atoms with Crippen molar-refractivity contribution in [1.82, 2.24) is 9.97 Å². The molecule has 1 N–H and O–H groups in total. The molecule has 8 heteroatoms. The Hall–Kier alpha value is -1.74. The van der Waals surface area contributed by atoms with Gasteiger partial charge in [-0.1, -0.05) is 68.9 Å². The zero-order valence-electron chi connectivity index (χ0n) is 14.2. The molecule has 4 aromatic rings. The number of nitrogens with one attached hydrogen (secondary N) is 1. The molecule has 0 fully saturated rings. The van der Waals surface area contributed by atoms with Crippen molar-refractivity contribution in [2.24, 2.45) is 0 Å². The van der Waals surface area contributed by atoms with E-state index in [-0.39, 0.29) is 5.91 Å². The fraction of sp³-hybridized carbons (Fsp3) is 0.105. The van der Waals surface area contributed by atoms with Gasteiger partial charge < -0.3 is 5.32 Å². The highest BCUT2D eigenvalue weighted by Crippen LogP contribution is 2.30. The van der Waals surface area contributed by atoms with Gasteiger partial charge in [-0.05, 0) is 25.1 Å². The van der Waals surface area contributed by atoms with Crippen molar-refractivity contribution in [2.75, 3.05) is 11.1 Å². The average Bonchev–Trinajstić information content (AvgIpc) is 3.26. The van der Waals surface area contributed by atoms with Crippen molar-refractivity contribution in [3.8, 4) is 11.3 Å². The highest BCUT2D eigenvalue weighted by molar-refractivity contribution is 9.10. The van der Waals surface area contributed by atoms with E-state index in [0.717, 1.165) is 30.3 Å². The molecule has 0 aliphatic rings. The van der Waals surface area contributed by atoms with Crippen molar-refractivity contribution >= 4 is 71.6 Å².